The van der Waals surface area contributed by atoms with E-state index in [1.165, 1.54) is 9.75 Å². The van der Waals surface area contributed by atoms with Crippen molar-refractivity contribution >= 4 is 11.3 Å². The van der Waals surface area contributed by atoms with E-state index in [4.69, 9.17) is 0 Å². The summed E-state index contributed by atoms with van der Waals surface area (Å²) in [5, 5.41) is 3.54. The summed E-state index contributed by atoms with van der Waals surface area (Å²) in [5.74, 6) is 1.11. The molecule has 2 aromatic heterocycles. The lowest BCUT2D eigenvalue weighted by Crippen LogP contribution is -2.24. The number of rotatable bonds is 6. The highest BCUT2D eigenvalue weighted by atomic mass is 32.1. The first kappa shape index (κ1) is 13.3. The summed E-state index contributed by atoms with van der Waals surface area (Å²) in [5.41, 5.74) is 0. The number of hydrogen-bond acceptors (Lipinski definition) is 3. The van der Waals surface area contributed by atoms with E-state index in [9.17, 15) is 0 Å². The van der Waals surface area contributed by atoms with Crippen molar-refractivity contribution in [2.45, 2.75) is 39.8 Å². The van der Waals surface area contributed by atoms with Gasteiger partial charge < -0.3 is 9.88 Å². The maximum absolute atomic E-state index is 4.52. The van der Waals surface area contributed by atoms with Gasteiger partial charge in [0.15, 0.2) is 0 Å². The fraction of sp³-hybridized carbons (Fsp3) is 0.500. The summed E-state index contributed by atoms with van der Waals surface area (Å²) in [6.07, 6.45) is 5.04. The molecule has 0 radical (unpaired) electrons. The second-order valence-electron chi connectivity index (χ2n) is 4.22. The van der Waals surface area contributed by atoms with Gasteiger partial charge in [-0.15, -0.1) is 11.3 Å². The molecule has 18 heavy (non-hydrogen) atoms. The summed E-state index contributed by atoms with van der Waals surface area (Å²) in [6, 6.07) is 4.67. The average molecular weight is 263 g/mol. The molecule has 2 heterocycles. The van der Waals surface area contributed by atoms with Crippen LogP contribution in [-0.4, -0.2) is 16.1 Å². The van der Waals surface area contributed by atoms with E-state index in [1.54, 1.807) is 0 Å². The number of hydrogen-bond donors (Lipinski definition) is 1. The normalized spacial score (nSPS) is 12.8. The predicted octanol–water partition coefficient (Wildman–Crippen LogP) is 3.23. The van der Waals surface area contributed by atoms with Crippen LogP contribution in [0.5, 0.6) is 0 Å². The number of aromatic nitrogens is 2. The van der Waals surface area contributed by atoms with Crippen molar-refractivity contribution in [2.24, 2.45) is 0 Å². The highest BCUT2D eigenvalue weighted by molar-refractivity contribution is 7.12. The smallest absolute Gasteiger partial charge is 0.131 e. The summed E-state index contributed by atoms with van der Waals surface area (Å²) < 4.78 is 2.21. The quantitative estimate of drug-likeness (QED) is 0.867. The minimum atomic E-state index is 0.218. The third-order valence-electron chi connectivity index (χ3n) is 3.07. The minimum Gasteiger partial charge on any atom is -0.334 e. The molecule has 0 amide bonds. The Morgan fingerprint density at radius 2 is 2.17 bits per heavy atom. The van der Waals surface area contributed by atoms with Crippen LogP contribution >= 0.6 is 11.3 Å². The molecule has 2 aromatic rings. The van der Waals surface area contributed by atoms with E-state index in [1.807, 2.05) is 23.7 Å². The van der Waals surface area contributed by atoms with Crippen molar-refractivity contribution in [2.75, 3.05) is 6.54 Å². The van der Waals surface area contributed by atoms with E-state index in [2.05, 4.69) is 47.8 Å². The number of aryl methyl sites for hydroxylation is 2. The molecule has 1 unspecified atom stereocenters. The average Bonchev–Trinajstić information content (AvgIpc) is 3.04. The zero-order chi connectivity index (χ0) is 13.0. The van der Waals surface area contributed by atoms with Gasteiger partial charge in [0.25, 0.3) is 0 Å². The Hall–Kier alpha value is -1.13. The third-order valence-corrected chi connectivity index (χ3v) is 4.36. The topological polar surface area (TPSA) is 29.9 Å². The first-order valence-corrected chi connectivity index (χ1v) is 7.44. The van der Waals surface area contributed by atoms with Crippen molar-refractivity contribution < 1.29 is 0 Å². The van der Waals surface area contributed by atoms with E-state index in [0.29, 0.717) is 0 Å². The molecule has 3 nitrogen and oxygen atoms in total. The van der Waals surface area contributed by atoms with Gasteiger partial charge in [0, 0.05) is 28.7 Å². The van der Waals surface area contributed by atoms with Crippen LogP contribution in [-0.2, 0) is 13.0 Å². The monoisotopic (exact) mass is 263 g/mol. The van der Waals surface area contributed by atoms with Crippen LogP contribution in [0, 0.1) is 0 Å². The molecular weight excluding hydrogens is 242 g/mol. The van der Waals surface area contributed by atoms with Crippen molar-refractivity contribution in [1.29, 1.82) is 0 Å². The van der Waals surface area contributed by atoms with Gasteiger partial charge in [0.05, 0.1) is 0 Å². The first-order valence-electron chi connectivity index (χ1n) is 6.63. The number of thiophene rings is 1. The molecule has 4 heteroatoms. The van der Waals surface area contributed by atoms with Gasteiger partial charge in [-0.2, -0.15) is 0 Å². The first-order chi connectivity index (χ1) is 8.80. The molecular formula is C14H21N3S. The summed E-state index contributed by atoms with van der Waals surface area (Å²) in [4.78, 5) is 7.31. The Morgan fingerprint density at radius 3 is 2.78 bits per heavy atom. The van der Waals surface area contributed by atoms with Crippen LogP contribution in [0.1, 0.15) is 42.4 Å². The van der Waals surface area contributed by atoms with Crippen LogP contribution < -0.4 is 5.32 Å². The maximum atomic E-state index is 4.52. The molecule has 98 valence electrons. The lowest BCUT2D eigenvalue weighted by atomic mass is 10.2. The highest BCUT2D eigenvalue weighted by Gasteiger charge is 2.19. The van der Waals surface area contributed by atoms with Crippen molar-refractivity contribution in [3.8, 4) is 0 Å². The van der Waals surface area contributed by atoms with Crippen LogP contribution in [0.2, 0.25) is 0 Å². The van der Waals surface area contributed by atoms with E-state index >= 15 is 0 Å². The van der Waals surface area contributed by atoms with Gasteiger partial charge in [0.2, 0.25) is 0 Å². The molecule has 0 aliphatic carbocycles. The minimum absolute atomic E-state index is 0.218. The third kappa shape index (κ3) is 2.65. The van der Waals surface area contributed by atoms with Crippen molar-refractivity contribution in [3.05, 3.63) is 40.1 Å². The lowest BCUT2D eigenvalue weighted by Gasteiger charge is -2.17. The molecule has 0 bridgehead atoms. The van der Waals surface area contributed by atoms with Gasteiger partial charge in [-0.05, 0) is 32.0 Å². The molecule has 0 aromatic carbocycles. The fourth-order valence-corrected chi connectivity index (χ4v) is 3.14. The summed E-state index contributed by atoms with van der Waals surface area (Å²) >= 11 is 1.88. The van der Waals surface area contributed by atoms with Crippen molar-refractivity contribution in [3.63, 3.8) is 0 Å². The number of nitrogens with zero attached hydrogens (tertiary/aromatic N) is 2. The molecule has 0 saturated carbocycles. The van der Waals surface area contributed by atoms with Crippen LogP contribution in [0.4, 0.5) is 0 Å². The second-order valence-corrected chi connectivity index (χ2v) is 5.42. The molecule has 0 aliphatic rings. The Balaban J connectivity index is 2.33. The largest absolute Gasteiger partial charge is 0.334 e. The molecule has 1 atom stereocenters. The van der Waals surface area contributed by atoms with Gasteiger partial charge in [-0.1, -0.05) is 13.8 Å². The van der Waals surface area contributed by atoms with Crippen molar-refractivity contribution in [1.82, 2.24) is 14.9 Å². The fourth-order valence-electron chi connectivity index (χ4n) is 2.11. The zero-order valence-electron chi connectivity index (χ0n) is 11.3. The second kappa shape index (κ2) is 6.16. The molecule has 0 aliphatic heterocycles. The SMILES string of the molecule is CCNC(c1ccc(CC)s1)c1nccn1CC. The Morgan fingerprint density at radius 1 is 1.33 bits per heavy atom. The Bertz CT molecular complexity index is 487. The van der Waals surface area contributed by atoms with Gasteiger partial charge >= 0.3 is 0 Å². The number of nitrogens with one attached hydrogen (secondary N) is 1. The van der Waals surface area contributed by atoms with Gasteiger partial charge in [0.1, 0.15) is 11.9 Å². The van der Waals surface area contributed by atoms with Crippen LogP contribution in [0.3, 0.4) is 0 Å². The summed E-state index contributed by atoms with van der Waals surface area (Å²) in [7, 11) is 0. The molecule has 0 fully saturated rings. The van der Waals surface area contributed by atoms with Crippen LogP contribution in [0.15, 0.2) is 24.5 Å². The zero-order valence-corrected chi connectivity index (χ0v) is 12.1. The molecule has 0 spiro atoms. The standard InChI is InChI=1S/C14H21N3S/c1-4-11-7-8-12(18-11)13(15-5-2)14-16-9-10-17(14)6-3/h7-10,13,15H,4-6H2,1-3H3. The Kier molecular flexibility index (Phi) is 4.55. The Labute approximate surface area is 113 Å². The molecule has 2 rings (SSSR count). The van der Waals surface area contributed by atoms with E-state index in [0.717, 1.165) is 25.3 Å². The van der Waals surface area contributed by atoms with Crippen LogP contribution in [0.25, 0.3) is 0 Å². The van der Waals surface area contributed by atoms with E-state index < -0.39 is 0 Å². The number of imidazole rings is 1. The molecule has 1 N–H and O–H groups in total. The molecule has 0 saturated heterocycles. The maximum Gasteiger partial charge on any atom is 0.131 e. The van der Waals surface area contributed by atoms with Gasteiger partial charge in [-0.25, -0.2) is 4.98 Å². The highest BCUT2D eigenvalue weighted by Crippen LogP contribution is 2.28. The van der Waals surface area contributed by atoms with Gasteiger partial charge in [-0.3, -0.25) is 0 Å². The lowest BCUT2D eigenvalue weighted by molar-refractivity contribution is 0.565. The van der Waals surface area contributed by atoms with E-state index in [-0.39, 0.29) is 6.04 Å². The summed E-state index contributed by atoms with van der Waals surface area (Å²) in [6.45, 7) is 8.40. The predicted molar refractivity (Wildman–Crippen MR) is 77.1 cm³/mol.